The number of carbonyl (C=O) groups is 1. The Labute approximate surface area is 95.7 Å². The maximum absolute atomic E-state index is 10.6. The van der Waals surface area contributed by atoms with Crippen molar-refractivity contribution in [3.63, 3.8) is 0 Å². The minimum atomic E-state index is 0.664. The first-order valence-electron chi connectivity index (χ1n) is 5.80. The number of likely N-dealkylation sites (tertiary alicyclic amines) is 1. The fraction of sp³-hybridized carbons (Fsp3) is 0.462. The second kappa shape index (κ2) is 3.59. The number of aldehydes is 1. The quantitative estimate of drug-likeness (QED) is 0.698. The Morgan fingerprint density at radius 1 is 1.19 bits per heavy atom. The second-order valence-electron chi connectivity index (χ2n) is 4.84. The van der Waals surface area contributed by atoms with Crippen molar-refractivity contribution in [1.29, 1.82) is 0 Å². The van der Waals surface area contributed by atoms with Crippen LogP contribution in [-0.4, -0.2) is 43.4 Å². The first kappa shape index (κ1) is 9.85. The first-order chi connectivity index (χ1) is 7.78. The summed E-state index contributed by atoms with van der Waals surface area (Å²) in [6, 6.07) is 9.30. The van der Waals surface area contributed by atoms with Gasteiger partial charge in [0, 0.05) is 36.4 Å². The summed E-state index contributed by atoms with van der Waals surface area (Å²) in [6.45, 7) is 2.29. The molecule has 2 bridgehead atoms. The molecule has 0 amide bonds. The summed E-state index contributed by atoms with van der Waals surface area (Å²) in [7, 11) is 2.21. The molecule has 16 heavy (non-hydrogen) atoms. The number of carbonyl (C=O) groups excluding carboxylic acids is 1. The van der Waals surface area contributed by atoms with E-state index in [1.807, 2.05) is 12.1 Å². The Morgan fingerprint density at radius 3 is 2.44 bits per heavy atom. The minimum absolute atomic E-state index is 0.664. The molecule has 0 radical (unpaired) electrons. The Hall–Kier alpha value is -1.35. The largest absolute Gasteiger partial charge is 0.366 e. The summed E-state index contributed by atoms with van der Waals surface area (Å²) in [5.74, 6) is 0. The lowest BCUT2D eigenvalue weighted by molar-refractivity contribution is 0.112. The molecule has 1 aromatic rings. The highest BCUT2D eigenvalue weighted by Gasteiger charge is 2.41. The lowest BCUT2D eigenvalue weighted by atomic mass is 10.2. The van der Waals surface area contributed by atoms with Crippen LogP contribution < -0.4 is 4.90 Å². The van der Waals surface area contributed by atoms with E-state index in [1.54, 1.807) is 0 Å². The van der Waals surface area contributed by atoms with Crippen molar-refractivity contribution in [2.45, 2.75) is 18.5 Å². The van der Waals surface area contributed by atoms with Gasteiger partial charge in [-0.25, -0.2) is 0 Å². The van der Waals surface area contributed by atoms with Gasteiger partial charge in [0.25, 0.3) is 0 Å². The van der Waals surface area contributed by atoms with Gasteiger partial charge in [-0.2, -0.15) is 0 Å². The summed E-state index contributed by atoms with van der Waals surface area (Å²) in [6.07, 6.45) is 2.18. The van der Waals surface area contributed by atoms with Crippen LogP contribution in [0, 0.1) is 0 Å². The van der Waals surface area contributed by atoms with Crippen LogP contribution in [0.5, 0.6) is 0 Å². The van der Waals surface area contributed by atoms with Crippen LogP contribution in [0.3, 0.4) is 0 Å². The van der Waals surface area contributed by atoms with E-state index in [2.05, 4.69) is 29.0 Å². The van der Waals surface area contributed by atoms with Crippen LogP contribution >= 0.6 is 0 Å². The zero-order chi connectivity index (χ0) is 11.1. The average Bonchev–Trinajstić information content (AvgIpc) is 2.88. The van der Waals surface area contributed by atoms with Gasteiger partial charge in [-0.05, 0) is 37.7 Å². The number of benzene rings is 1. The second-order valence-corrected chi connectivity index (χ2v) is 4.84. The third-order valence-electron chi connectivity index (χ3n) is 3.88. The number of hydrogen-bond donors (Lipinski definition) is 0. The van der Waals surface area contributed by atoms with E-state index < -0.39 is 0 Å². The molecule has 0 aromatic heterocycles. The molecule has 0 saturated carbocycles. The smallest absolute Gasteiger partial charge is 0.150 e. The number of piperazine rings is 1. The van der Waals surface area contributed by atoms with E-state index in [1.165, 1.54) is 18.7 Å². The molecule has 1 aromatic carbocycles. The van der Waals surface area contributed by atoms with Crippen LogP contribution in [0.15, 0.2) is 24.3 Å². The van der Waals surface area contributed by atoms with Gasteiger partial charge in [0.15, 0.2) is 0 Å². The number of hydrogen-bond acceptors (Lipinski definition) is 3. The Morgan fingerprint density at radius 2 is 1.94 bits per heavy atom. The number of nitrogens with zero attached hydrogens (tertiary/aromatic N) is 2. The fourth-order valence-corrected chi connectivity index (χ4v) is 2.93. The number of fused-ring (bicyclic) bond motifs is 2. The normalized spacial score (nSPS) is 28.7. The van der Waals surface area contributed by atoms with Crippen molar-refractivity contribution in [3.05, 3.63) is 29.8 Å². The number of anilines is 1. The average molecular weight is 216 g/mol. The molecule has 2 heterocycles. The molecule has 0 aliphatic carbocycles. The van der Waals surface area contributed by atoms with E-state index in [4.69, 9.17) is 0 Å². The zero-order valence-electron chi connectivity index (χ0n) is 9.47. The molecule has 2 unspecified atom stereocenters. The predicted molar refractivity (Wildman–Crippen MR) is 64.0 cm³/mol. The van der Waals surface area contributed by atoms with E-state index >= 15 is 0 Å². The molecule has 2 atom stereocenters. The summed E-state index contributed by atoms with van der Waals surface area (Å²) < 4.78 is 0. The Kier molecular flexibility index (Phi) is 2.21. The lowest BCUT2D eigenvalue weighted by Gasteiger charge is -2.33. The van der Waals surface area contributed by atoms with Crippen LogP contribution in [0.2, 0.25) is 0 Å². The Balaban J connectivity index is 1.81. The highest BCUT2D eigenvalue weighted by atomic mass is 16.1. The van der Waals surface area contributed by atoms with Crippen molar-refractivity contribution in [2.75, 3.05) is 25.0 Å². The van der Waals surface area contributed by atoms with Crippen molar-refractivity contribution in [3.8, 4) is 0 Å². The monoisotopic (exact) mass is 216 g/mol. The molecule has 3 rings (SSSR count). The van der Waals surface area contributed by atoms with Gasteiger partial charge in [-0.15, -0.1) is 0 Å². The standard InChI is InChI=1S/C13H16N2O/c1-14-7-13-6-12(14)8-15(13)11-4-2-10(9-16)3-5-11/h2-5,9,12-13H,6-8H2,1H3. The van der Waals surface area contributed by atoms with Crippen molar-refractivity contribution >= 4 is 12.0 Å². The SMILES string of the molecule is CN1CC2CC1CN2c1ccc(C=O)cc1. The van der Waals surface area contributed by atoms with Gasteiger partial charge in [-0.3, -0.25) is 9.69 Å². The van der Waals surface area contributed by atoms with Crippen molar-refractivity contribution in [2.24, 2.45) is 0 Å². The molecule has 2 saturated heterocycles. The van der Waals surface area contributed by atoms with E-state index in [0.717, 1.165) is 24.4 Å². The van der Waals surface area contributed by atoms with Crippen LogP contribution in [-0.2, 0) is 0 Å². The van der Waals surface area contributed by atoms with Gasteiger partial charge in [0.05, 0.1) is 0 Å². The highest BCUT2D eigenvalue weighted by molar-refractivity contribution is 5.75. The molecule has 0 spiro atoms. The molecule has 3 heteroatoms. The molecular formula is C13H16N2O. The zero-order valence-corrected chi connectivity index (χ0v) is 9.47. The molecule has 0 N–H and O–H groups in total. The molecule has 2 fully saturated rings. The van der Waals surface area contributed by atoms with E-state index in [-0.39, 0.29) is 0 Å². The van der Waals surface area contributed by atoms with E-state index in [9.17, 15) is 4.79 Å². The van der Waals surface area contributed by atoms with Gasteiger partial charge >= 0.3 is 0 Å². The maximum Gasteiger partial charge on any atom is 0.150 e. The molecule has 3 nitrogen and oxygen atoms in total. The van der Waals surface area contributed by atoms with Crippen molar-refractivity contribution < 1.29 is 4.79 Å². The third-order valence-corrected chi connectivity index (χ3v) is 3.88. The summed E-state index contributed by atoms with van der Waals surface area (Å²) in [4.78, 5) is 15.5. The topological polar surface area (TPSA) is 23.6 Å². The number of likely N-dealkylation sites (N-methyl/N-ethyl adjacent to an activating group) is 1. The van der Waals surface area contributed by atoms with Gasteiger partial charge in [-0.1, -0.05) is 0 Å². The summed E-state index contributed by atoms with van der Waals surface area (Å²) >= 11 is 0. The maximum atomic E-state index is 10.6. The summed E-state index contributed by atoms with van der Waals surface area (Å²) in [5, 5.41) is 0. The minimum Gasteiger partial charge on any atom is -0.366 e. The first-order valence-corrected chi connectivity index (χ1v) is 5.80. The van der Waals surface area contributed by atoms with Crippen LogP contribution in [0.25, 0.3) is 0 Å². The lowest BCUT2D eigenvalue weighted by Crippen LogP contribution is -2.44. The molecule has 2 aliphatic rings. The third kappa shape index (κ3) is 1.43. The van der Waals surface area contributed by atoms with Gasteiger partial charge in [0.2, 0.25) is 0 Å². The van der Waals surface area contributed by atoms with Crippen LogP contribution in [0.4, 0.5) is 5.69 Å². The fourth-order valence-electron chi connectivity index (χ4n) is 2.93. The van der Waals surface area contributed by atoms with E-state index in [0.29, 0.717) is 6.04 Å². The Bertz CT molecular complexity index is 399. The van der Waals surface area contributed by atoms with Gasteiger partial charge < -0.3 is 4.90 Å². The highest BCUT2D eigenvalue weighted by Crippen LogP contribution is 2.33. The van der Waals surface area contributed by atoms with Gasteiger partial charge in [0.1, 0.15) is 6.29 Å². The van der Waals surface area contributed by atoms with Crippen molar-refractivity contribution in [1.82, 2.24) is 4.90 Å². The molecule has 84 valence electrons. The summed E-state index contributed by atoms with van der Waals surface area (Å²) in [5.41, 5.74) is 2.01. The number of rotatable bonds is 2. The molecular weight excluding hydrogens is 200 g/mol. The van der Waals surface area contributed by atoms with Crippen LogP contribution in [0.1, 0.15) is 16.8 Å². The molecule has 2 aliphatic heterocycles. The predicted octanol–water partition coefficient (Wildman–Crippen LogP) is 1.39.